The molecule has 1 saturated heterocycles. The standard InChI is InChI=1S/C13H14BrN5O4/c1-13(22)8(21)6(3-20)23-12(13)19-9(14)5(2-15)7-10(16)17-4-18-11(7)19/h4,6,8,12,20-22H,3H2,1H3,(H2,16,17,18)/t6-,8-,12?,13-/m1/s1. The van der Waals surface area contributed by atoms with Gasteiger partial charge in [0, 0.05) is 0 Å². The Balaban J connectivity index is 2.28. The number of aliphatic hydroxyl groups is 3. The maximum atomic E-state index is 10.6. The van der Waals surface area contributed by atoms with E-state index in [4.69, 9.17) is 10.5 Å². The van der Waals surface area contributed by atoms with E-state index in [0.717, 1.165) is 0 Å². The van der Waals surface area contributed by atoms with Gasteiger partial charge in [0.1, 0.15) is 46.3 Å². The molecule has 0 aliphatic carbocycles. The Hall–Kier alpha value is -1.77. The number of nitrogens with zero attached hydrogens (tertiary/aromatic N) is 4. The van der Waals surface area contributed by atoms with E-state index in [1.807, 2.05) is 6.07 Å². The van der Waals surface area contributed by atoms with Gasteiger partial charge in [-0.15, -0.1) is 0 Å². The molecule has 2 aromatic heterocycles. The number of fused-ring (bicyclic) bond motifs is 1. The van der Waals surface area contributed by atoms with Crippen molar-refractivity contribution in [1.82, 2.24) is 14.5 Å². The minimum Gasteiger partial charge on any atom is -0.394 e. The van der Waals surface area contributed by atoms with Crippen LogP contribution < -0.4 is 5.73 Å². The fourth-order valence-corrected chi connectivity index (χ4v) is 3.45. The smallest absolute Gasteiger partial charge is 0.168 e. The molecule has 0 amide bonds. The van der Waals surface area contributed by atoms with Gasteiger partial charge in [0.05, 0.1) is 17.6 Å². The third kappa shape index (κ3) is 2.13. The molecule has 4 atom stereocenters. The molecule has 1 aliphatic rings. The second-order valence-electron chi connectivity index (χ2n) is 5.49. The Morgan fingerprint density at radius 2 is 2.26 bits per heavy atom. The van der Waals surface area contributed by atoms with Crippen LogP contribution in [0.4, 0.5) is 5.82 Å². The van der Waals surface area contributed by atoms with E-state index in [1.165, 1.54) is 17.8 Å². The van der Waals surface area contributed by atoms with Crippen LogP contribution >= 0.6 is 15.9 Å². The lowest BCUT2D eigenvalue weighted by Gasteiger charge is -2.28. The van der Waals surface area contributed by atoms with Crippen molar-refractivity contribution in [1.29, 1.82) is 5.26 Å². The number of halogens is 1. The van der Waals surface area contributed by atoms with E-state index in [9.17, 15) is 20.6 Å². The number of rotatable bonds is 2. The van der Waals surface area contributed by atoms with Gasteiger partial charge in [-0.25, -0.2) is 9.97 Å². The SMILES string of the molecule is C[C@]1(O)C(n2c(Br)c(C#N)c3c(N)ncnc32)O[C@H](CO)[C@H]1O. The number of nitrogens with two attached hydrogens (primary N) is 1. The first-order valence-corrected chi connectivity index (χ1v) is 7.50. The number of aliphatic hydroxyl groups excluding tert-OH is 2. The molecule has 1 fully saturated rings. The predicted octanol–water partition coefficient (Wildman–Crippen LogP) is -0.351. The van der Waals surface area contributed by atoms with Crippen LogP contribution in [0, 0.1) is 11.3 Å². The second kappa shape index (κ2) is 5.40. The molecule has 0 radical (unpaired) electrons. The third-order valence-electron chi connectivity index (χ3n) is 4.03. The zero-order valence-corrected chi connectivity index (χ0v) is 13.6. The van der Waals surface area contributed by atoms with Gasteiger partial charge >= 0.3 is 0 Å². The molecular weight excluding hydrogens is 370 g/mol. The molecule has 0 bridgehead atoms. The highest BCUT2D eigenvalue weighted by molar-refractivity contribution is 9.10. The zero-order valence-electron chi connectivity index (χ0n) is 12.0. The number of aromatic nitrogens is 3. The molecule has 3 heterocycles. The van der Waals surface area contributed by atoms with Crippen LogP contribution in [0.25, 0.3) is 11.0 Å². The Bertz CT molecular complexity index is 815. The normalized spacial score (nSPS) is 30.7. The lowest BCUT2D eigenvalue weighted by atomic mass is 9.96. The number of hydrogen-bond acceptors (Lipinski definition) is 8. The average molecular weight is 384 g/mol. The van der Waals surface area contributed by atoms with E-state index in [2.05, 4.69) is 25.9 Å². The van der Waals surface area contributed by atoms with Crippen LogP contribution in [0.1, 0.15) is 18.7 Å². The van der Waals surface area contributed by atoms with Crippen LogP contribution in [-0.4, -0.2) is 54.3 Å². The van der Waals surface area contributed by atoms with Gasteiger partial charge in [0.15, 0.2) is 6.23 Å². The summed E-state index contributed by atoms with van der Waals surface area (Å²) in [6.45, 7) is 0.916. The van der Waals surface area contributed by atoms with E-state index in [1.54, 1.807) is 0 Å². The molecule has 5 N–H and O–H groups in total. The summed E-state index contributed by atoms with van der Waals surface area (Å²) in [5.41, 5.74) is 4.59. The molecule has 3 rings (SSSR count). The van der Waals surface area contributed by atoms with E-state index < -0.39 is 30.6 Å². The first kappa shape index (κ1) is 16.1. The summed E-state index contributed by atoms with van der Waals surface area (Å²) in [6, 6.07) is 2.01. The van der Waals surface area contributed by atoms with Crippen LogP contribution in [-0.2, 0) is 4.74 Å². The van der Waals surface area contributed by atoms with Crippen molar-refractivity contribution in [3.05, 3.63) is 16.5 Å². The molecule has 10 heteroatoms. The van der Waals surface area contributed by atoms with E-state index >= 15 is 0 Å². The van der Waals surface area contributed by atoms with Gasteiger partial charge in [-0.05, 0) is 22.9 Å². The average Bonchev–Trinajstić information content (AvgIpc) is 2.92. The molecule has 0 aromatic carbocycles. The Kier molecular flexibility index (Phi) is 3.78. The van der Waals surface area contributed by atoms with Gasteiger partial charge in [0.25, 0.3) is 0 Å². The molecular formula is C13H14BrN5O4. The number of ether oxygens (including phenoxy) is 1. The van der Waals surface area contributed by atoms with Crippen molar-refractivity contribution in [2.24, 2.45) is 0 Å². The van der Waals surface area contributed by atoms with Crippen molar-refractivity contribution >= 4 is 32.8 Å². The minimum atomic E-state index is -1.71. The van der Waals surface area contributed by atoms with E-state index in [0.29, 0.717) is 9.99 Å². The van der Waals surface area contributed by atoms with Crippen molar-refractivity contribution in [3.8, 4) is 6.07 Å². The minimum absolute atomic E-state index is 0.114. The monoisotopic (exact) mass is 383 g/mol. The van der Waals surface area contributed by atoms with Gasteiger partial charge in [-0.3, -0.25) is 4.57 Å². The lowest BCUT2D eigenvalue weighted by Crippen LogP contribution is -2.44. The number of hydrogen-bond donors (Lipinski definition) is 4. The Labute approximate surface area is 139 Å². The molecule has 0 saturated carbocycles. The molecule has 9 nitrogen and oxygen atoms in total. The van der Waals surface area contributed by atoms with Crippen molar-refractivity contribution < 1.29 is 20.1 Å². The highest BCUT2D eigenvalue weighted by Gasteiger charge is 2.53. The maximum Gasteiger partial charge on any atom is 0.168 e. The highest BCUT2D eigenvalue weighted by atomic mass is 79.9. The Morgan fingerprint density at radius 3 is 2.83 bits per heavy atom. The summed E-state index contributed by atoms with van der Waals surface area (Å²) in [6.07, 6.45) is -2.13. The molecule has 0 spiro atoms. The van der Waals surface area contributed by atoms with Crippen LogP contribution in [0.15, 0.2) is 10.9 Å². The van der Waals surface area contributed by atoms with Crippen LogP contribution in [0.2, 0.25) is 0 Å². The largest absolute Gasteiger partial charge is 0.394 e. The number of anilines is 1. The zero-order chi connectivity index (χ0) is 16.9. The van der Waals surface area contributed by atoms with Gasteiger partial charge in [-0.2, -0.15) is 5.26 Å². The summed E-state index contributed by atoms with van der Waals surface area (Å²) in [5, 5.41) is 39.8. The fourth-order valence-electron chi connectivity index (χ4n) is 2.81. The van der Waals surface area contributed by atoms with Crippen molar-refractivity contribution in [2.45, 2.75) is 31.0 Å². The maximum absolute atomic E-state index is 10.6. The van der Waals surface area contributed by atoms with Crippen molar-refractivity contribution in [2.75, 3.05) is 12.3 Å². The predicted molar refractivity (Wildman–Crippen MR) is 82.0 cm³/mol. The van der Waals surface area contributed by atoms with E-state index in [-0.39, 0.29) is 17.0 Å². The summed E-state index contributed by atoms with van der Waals surface area (Å²) < 4.78 is 7.29. The molecule has 1 unspecified atom stereocenters. The summed E-state index contributed by atoms with van der Waals surface area (Å²) in [5.74, 6) is 0.114. The van der Waals surface area contributed by atoms with Gasteiger partial charge in [-0.1, -0.05) is 0 Å². The van der Waals surface area contributed by atoms with Crippen molar-refractivity contribution in [3.63, 3.8) is 0 Å². The molecule has 2 aromatic rings. The third-order valence-corrected chi connectivity index (χ3v) is 4.81. The molecule has 23 heavy (non-hydrogen) atoms. The van der Waals surface area contributed by atoms with Crippen LogP contribution in [0.3, 0.4) is 0 Å². The van der Waals surface area contributed by atoms with Crippen LogP contribution in [0.5, 0.6) is 0 Å². The molecule has 122 valence electrons. The number of nitrogen functional groups attached to an aromatic ring is 1. The lowest BCUT2D eigenvalue weighted by molar-refractivity contribution is -0.0957. The summed E-state index contributed by atoms with van der Waals surface area (Å²) >= 11 is 3.29. The topological polar surface area (TPSA) is 150 Å². The second-order valence-corrected chi connectivity index (χ2v) is 6.24. The number of nitriles is 1. The summed E-state index contributed by atoms with van der Waals surface area (Å²) in [7, 11) is 0. The van der Waals surface area contributed by atoms with Gasteiger partial charge < -0.3 is 25.8 Å². The fraction of sp³-hybridized carbons (Fsp3) is 0.462. The Morgan fingerprint density at radius 1 is 1.57 bits per heavy atom. The quantitative estimate of drug-likeness (QED) is 0.549. The summed E-state index contributed by atoms with van der Waals surface area (Å²) in [4.78, 5) is 7.98. The first-order chi connectivity index (χ1) is 10.8. The first-order valence-electron chi connectivity index (χ1n) is 6.71. The highest BCUT2D eigenvalue weighted by Crippen LogP contribution is 2.43. The van der Waals surface area contributed by atoms with Gasteiger partial charge in [0.2, 0.25) is 0 Å². The molecule has 1 aliphatic heterocycles.